The SMILES string of the molecule is O=C(CCn1cncn1)N1CCCC(COc2ccc(F)cc2)C1. The maximum atomic E-state index is 12.9. The lowest BCUT2D eigenvalue weighted by molar-refractivity contribution is -0.133. The number of aromatic nitrogens is 3. The number of carbonyl (C=O) groups excluding carboxylic acids is 1. The number of benzene rings is 1. The van der Waals surface area contributed by atoms with Gasteiger partial charge in [0.15, 0.2) is 0 Å². The van der Waals surface area contributed by atoms with E-state index in [1.807, 2.05) is 4.90 Å². The van der Waals surface area contributed by atoms with Gasteiger partial charge in [0.1, 0.15) is 24.2 Å². The summed E-state index contributed by atoms with van der Waals surface area (Å²) in [6.45, 7) is 2.59. The number of hydrogen-bond donors (Lipinski definition) is 0. The molecule has 1 atom stereocenters. The van der Waals surface area contributed by atoms with Gasteiger partial charge < -0.3 is 9.64 Å². The molecule has 1 aliphatic heterocycles. The van der Waals surface area contributed by atoms with E-state index < -0.39 is 0 Å². The zero-order chi connectivity index (χ0) is 16.8. The van der Waals surface area contributed by atoms with Gasteiger partial charge in [0.05, 0.1) is 13.2 Å². The molecule has 1 aromatic carbocycles. The van der Waals surface area contributed by atoms with Gasteiger partial charge in [0.25, 0.3) is 0 Å². The van der Waals surface area contributed by atoms with E-state index in [4.69, 9.17) is 4.74 Å². The van der Waals surface area contributed by atoms with Crippen molar-refractivity contribution in [2.24, 2.45) is 5.92 Å². The molecule has 1 unspecified atom stereocenters. The Bertz CT molecular complexity index is 645. The lowest BCUT2D eigenvalue weighted by Gasteiger charge is -2.32. The largest absolute Gasteiger partial charge is 0.493 e. The lowest BCUT2D eigenvalue weighted by Crippen LogP contribution is -2.41. The molecule has 0 bridgehead atoms. The summed E-state index contributed by atoms with van der Waals surface area (Å²) in [6, 6.07) is 6.02. The van der Waals surface area contributed by atoms with E-state index >= 15 is 0 Å². The van der Waals surface area contributed by atoms with Crippen LogP contribution in [0.25, 0.3) is 0 Å². The molecule has 1 amide bonds. The first kappa shape index (κ1) is 16.4. The first-order valence-corrected chi connectivity index (χ1v) is 8.19. The Kier molecular flexibility index (Phi) is 5.40. The molecule has 3 rings (SSSR count). The normalized spacial score (nSPS) is 17.7. The molecule has 0 aliphatic carbocycles. The van der Waals surface area contributed by atoms with Gasteiger partial charge in [-0.25, -0.2) is 9.37 Å². The van der Waals surface area contributed by atoms with Crippen LogP contribution < -0.4 is 4.74 Å². The van der Waals surface area contributed by atoms with Gasteiger partial charge in [-0.15, -0.1) is 0 Å². The number of hydrogen-bond acceptors (Lipinski definition) is 4. The fourth-order valence-corrected chi connectivity index (χ4v) is 2.89. The third-order valence-electron chi connectivity index (χ3n) is 4.19. The van der Waals surface area contributed by atoms with Crippen molar-refractivity contribution in [3.8, 4) is 5.75 Å². The number of likely N-dealkylation sites (tertiary alicyclic amines) is 1. The Morgan fingerprint density at radius 2 is 2.17 bits per heavy atom. The van der Waals surface area contributed by atoms with Crippen molar-refractivity contribution in [2.45, 2.75) is 25.8 Å². The molecule has 0 radical (unpaired) electrons. The molecule has 7 heteroatoms. The maximum Gasteiger partial charge on any atom is 0.224 e. The van der Waals surface area contributed by atoms with E-state index in [2.05, 4.69) is 10.1 Å². The summed E-state index contributed by atoms with van der Waals surface area (Å²) < 4.78 is 20.3. The fraction of sp³-hybridized carbons (Fsp3) is 0.471. The van der Waals surface area contributed by atoms with E-state index in [0.29, 0.717) is 37.8 Å². The molecule has 1 fully saturated rings. The minimum atomic E-state index is -0.274. The highest BCUT2D eigenvalue weighted by Crippen LogP contribution is 2.19. The number of halogens is 1. The molecule has 2 aromatic rings. The Balaban J connectivity index is 1.45. The molecule has 0 spiro atoms. The number of nitrogens with zero attached hydrogens (tertiary/aromatic N) is 4. The first-order valence-electron chi connectivity index (χ1n) is 8.19. The molecular weight excluding hydrogens is 311 g/mol. The minimum Gasteiger partial charge on any atom is -0.493 e. The predicted molar refractivity (Wildman–Crippen MR) is 85.8 cm³/mol. The van der Waals surface area contributed by atoms with Gasteiger partial charge in [-0.3, -0.25) is 9.48 Å². The number of amides is 1. The molecule has 2 heterocycles. The molecule has 128 valence electrons. The summed E-state index contributed by atoms with van der Waals surface area (Å²) >= 11 is 0. The second-order valence-corrected chi connectivity index (χ2v) is 6.02. The van der Waals surface area contributed by atoms with Crippen molar-refractivity contribution in [3.05, 3.63) is 42.7 Å². The van der Waals surface area contributed by atoms with Gasteiger partial charge in [-0.1, -0.05) is 0 Å². The van der Waals surface area contributed by atoms with Crippen molar-refractivity contribution in [1.29, 1.82) is 0 Å². The molecule has 0 N–H and O–H groups in total. The molecule has 1 saturated heterocycles. The summed E-state index contributed by atoms with van der Waals surface area (Å²) in [7, 11) is 0. The first-order chi connectivity index (χ1) is 11.7. The van der Waals surface area contributed by atoms with Crippen LogP contribution in [-0.4, -0.2) is 45.3 Å². The molecular formula is C17H21FN4O2. The summed E-state index contributed by atoms with van der Waals surface area (Å²) in [5.74, 6) is 0.825. The Labute approximate surface area is 140 Å². The average molecular weight is 332 g/mol. The molecule has 1 aliphatic rings. The van der Waals surface area contributed by atoms with Crippen molar-refractivity contribution in [1.82, 2.24) is 19.7 Å². The monoisotopic (exact) mass is 332 g/mol. The third kappa shape index (κ3) is 4.53. The van der Waals surface area contributed by atoms with Crippen LogP contribution in [0.5, 0.6) is 5.75 Å². The van der Waals surface area contributed by atoms with Crippen LogP contribution in [0.4, 0.5) is 4.39 Å². The number of carbonyl (C=O) groups is 1. The predicted octanol–water partition coefficient (Wildman–Crippen LogP) is 2.12. The summed E-state index contributed by atoms with van der Waals surface area (Å²) in [6.07, 6.45) is 5.52. The lowest BCUT2D eigenvalue weighted by atomic mass is 9.98. The van der Waals surface area contributed by atoms with Gasteiger partial charge in [-0.2, -0.15) is 5.10 Å². The van der Waals surface area contributed by atoms with E-state index in [1.165, 1.54) is 18.5 Å². The highest BCUT2D eigenvalue weighted by Gasteiger charge is 2.24. The van der Waals surface area contributed by atoms with Crippen LogP contribution in [0.15, 0.2) is 36.9 Å². The van der Waals surface area contributed by atoms with Crippen molar-refractivity contribution < 1.29 is 13.9 Å². The minimum absolute atomic E-state index is 0.136. The van der Waals surface area contributed by atoms with Gasteiger partial charge in [0.2, 0.25) is 5.91 Å². The molecule has 0 saturated carbocycles. The Hall–Kier alpha value is -2.44. The molecule has 1 aromatic heterocycles. The number of piperidine rings is 1. The zero-order valence-electron chi connectivity index (χ0n) is 13.5. The van der Waals surface area contributed by atoms with Gasteiger partial charge >= 0.3 is 0 Å². The van der Waals surface area contributed by atoms with Crippen molar-refractivity contribution in [2.75, 3.05) is 19.7 Å². The topological polar surface area (TPSA) is 60.2 Å². The second kappa shape index (κ2) is 7.90. The summed E-state index contributed by atoms with van der Waals surface area (Å²) in [5.41, 5.74) is 0. The maximum absolute atomic E-state index is 12.9. The Morgan fingerprint density at radius 3 is 2.92 bits per heavy atom. The number of ether oxygens (including phenoxy) is 1. The van der Waals surface area contributed by atoms with Gasteiger partial charge in [-0.05, 0) is 37.1 Å². The molecule has 24 heavy (non-hydrogen) atoms. The highest BCUT2D eigenvalue weighted by atomic mass is 19.1. The smallest absolute Gasteiger partial charge is 0.224 e. The standard InChI is InChI=1S/C17H21FN4O2/c18-15-3-5-16(6-4-15)24-11-14-2-1-8-21(10-14)17(23)7-9-22-13-19-12-20-22/h3-6,12-14H,1-2,7-11H2. The van der Waals surface area contributed by atoms with Crippen LogP contribution in [-0.2, 0) is 11.3 Å². The number of aryl methyl sites for hydroxylation is 1. The summed E-state index contributed by atoms with van der Waals surface area (Å²) in [5, 5.41) is 4.01. The Morgan fingerprint density at radius 1 is 1.33 bits per heavy atom. The van der Waals surface area contributed by atoms with Crippen LogP contribution >= 0.6 is 0 Å². The number of rotatable bonds is 6. The summed E-state index contributed by atoms with van der Waals surface area (Å²) in [4.78, 5) is 18.1. The average Bonchev–Trinajstić information content (AvgIpc) is 3.13. The van der Waals surface area contributed by atoms with Crippen LogP contribution in [0.3, 0.4) is 0 Å². The van der Waals surface area contributed by atoms with E-state index in [0.717, 1.165) is 19.4 Å². The zero-order valence-corrected chi connectivity index (χ0v) is 13.5. The quantitative estimate of drug-likeness (QED) is 0.813. The van der Waals surface area contributed by atoms with E-state index in [1.54, 1.807) is 23.1 Å². The van der Waals surface area contributed by atoms with Crippen molar-refractivity contribution in [3.63, 3.8) is 0 Å². The highest BCUT2D eigenvalue weighted by molar-refractivity contribution is 5.76. The second-order valence-electron chi connectivity index (χ2n) is 6.02. The fourth-order valence-electron chi connectivity index (χ4n) is 2.89. The van der Waals surface area contributed by atoms with E-state index in [9.17, 15) is 9.18 Å². The van der Waals surface area contributed by atoms with Crippen LogP contribution in [0, 0.1) is 11.7 Å². The van der Waals surface area contributed by atoms with Gasteiger partial charge in [0, 0.05) is 25.4 Å². The van der Waals surface area contributed by atoms with Crippen molar-refractivity contribution >= 4 is 5.91 Å². The van der Waals surface area contributed by atoms with Crippen LogP contribution in [0.2, 0.25) is 0 Å². The molecule has 6 nitrogen and oxygen atoms in total. The van der Waals surface area contributed by atoms with E-state index in [-0.39, 0.29) is 11.7 Å². The third-order valence-corrected chi connectivity index (χ3v) is 4.19. The van der Waals surface area contributed by atoms with Crippen LogP contribution in [0.1, 0.15) is 19.3 Å².